The molecule has 3 rings (SSSR count). The van der Waals surface area contributed by atoms with Crippen LogP contribution in [0.4, 0.5) is 0 Å². The third-order valence-corrected chi connectivity index (χ3v) is 4.79. The molecule has 2 aliphatic rings. The summed E-state index contributed by atoms with van der Waals surface area (Å²) in [6.45, 7) is 1.37. The maximum Gasteiger partial charge on any atom is 0.225 e. The quantitative estimate of drug-likeness (QED) is 0.928. The van der Waals surface area contributed by atoms with Crippen LogP contribution in [0.25, 0.3) is 0 Å². The Kier molecular flexibility index (Phi) is 3.89. The van der Waals surface area contributed by atoms with Gasteiger partial charge in [0, 0.05) is 13.1 Å². The average molecular weight is 289 g/mol. The van der Waals surface area contributed by atoms with E-state index >= 15 is 0 Å². The molecule has 4 nitrogen and oxygen atoms in total. The smallest absolute Gasteiger partial charge is 0.225 e. The SMILES string of the molecule is COc1ccc2c(c1)CN(C(=O)CC1(O)CCCC1)CC2. The van der Waals surface area contributed by atoms with Gasteiger partial charge in [-0.05, 0) is 42.5 Å². The molecule has 1 aromatic rings. The molecule has 0 saturated heterocycles. The Hall–Kier alpha value is -1.55. The third-order valence-electron chi connectivity index (χ3n) is 4.79. The van der Waals surface area contributed by atoms with Gasteiger partial charge in [-0.1, -0.05) is 18.9 Å². The lowest BCUT2D eigenvalue weighted by molar-refractivity contribution is -0.137. The highest BCUT2D eigenvalue weighted by Crippen LogP contribution is 2.33. The van der Waals surface area contributed by atoms with Gasteiger partial charge >= 0.3 is 0 Å². The molecule has 1 fully saturated rings. The van der Waals surface area contributed by atoms with Crippen molar-refractivity contribution in [2.24, 2.45) is 0 Å². The minimum absolute atomic E-state index is 0.0767. The van der Waals surface area contributed by atoms with Crippen LogP contribution in [-0.4, -0.2) is 35.2 Å². The first-order valence-electron chi connectivity index (χ1n) is 7.76. The number of amides is 1. The van der Waals surface area contributed by atoms with Crippen LogP contribution in [-0.2, 0) is 17.8 Å². The predicted octanol–water partition coefficient (Wildman–Crippen LogP) is 2.28. The first kappa shape index (κ1) is 14.4. The number of ether oxygens (including phenoxy) is 1. The molecule has 0 bridgehead atoms. The fourth-order valence-corrected chi connectivity index (χ4v) is 3.48. The summed E-state index contributed by atoms with van der Waals surface area (Å²) in [5.41, 5.74) is 1.69. The highest BCUT2D eigenvalue weighted by molar-refractivity contribution is 5.77. The second-order valence-corrected chi connectivity index (χ2v) is 6.31. The van der Waals surface area contributed by atoms with Crippen molar-refractivity contribution in [1.29, 1.82) is 0 Å². The van der Waals surface area contributed by atoms with E-state index in [4.69, 9.17) is 4.74 Å². The topological polar surface area (TPSA) is 49.8 Å². The summed E-state index contributed by atoms with van der Waals surface area (Å²) in [7, 11) is 1.66. The Balaban J connectivity index is 1.68. The van der Waals surface area contributed by atoms with Crippen molar-refractivity contribution in [3.63, 3.8) is 0 Å². The fourth-order valence-electron chi connectivity index (χ4n) is 3.48. The van der Waals surface area contributed by atoms with Crippen LogP contribution >= 0.6 is 0 Å². The van der Waals surface area contributed by atoms with Crippen molar-refractivity contribution in [3.8, 4) is 5.75 Å². The Morgan fingerprint density at radius 1 is 1.33 bits per heavy atom. The van der Waals surface area contributed by atoms with Gasteiger partial charge in [0.1, 0.15) is 5.75 Å². The van der Waals surface area contributed by atoms with Gasteiger partial charge in [0.15, 0.2) is 0 Å². The van der Waals surface area contributed by atoms with E-state index in [9.17, 15) is 9.90 Å². The van der Waals surface area contributed by atoms with E-state index in [1.165, 1.54) is 5.56 Å². The van der Waals surface area contributed by atoms with E-state index in [0.29, 0.717) is 6.54 Å². The van der Waals surface area contributed by atoms with E-state index in [1.54, 1.807) is 7.11 Å². The summed E-state index contributed by atoms with van der Waals surface area (Å²) >= 11 is 0. The van der Waals surface area contributed by atoms with E-state index < -0.39 is 5.60 Å². The zero-order valence-electron chi connectivity index (χ0n) is 12.6. The molecule has 1 amide bonds. The van der Waals surface area contributed by atoms with Gasteiger partial charge in [0.05, 0.1) is 19.1 Å². The Labute approximate surface area is 125 Å². The summed E-state index contributed by atoms with van der Waals surface area (Å²) < 4.78 is 5.26. The first-order chi connectivity index (χ1) is 10.1. The molecule has 1 N–H and O–H groups in total. The monoisotopic (exact) mass is 289 g/mol. The first-order valence-corrected chi connectivity index (χ1v) is 7.76. The predicted molar refractivity (Wildman–Crippen MR) is 80.1 cm³/mol. The molecule has 4 heteroatoms. The van der Waals surface area contributed by atoms with Crippen molar-refractivity contribution in [3.05, 3.63) is 29.3 Å². The highest BCUT2D eigenvalue weighted by Gasteiger charge is 2.35. The zero-order valence-corrected chi connectivity index (χ0v) is 12.6. The van der Waals surface area contributed by atoms with Gasteiger partial charge in [0.2, 0.25) is 5.91 Å². The Morgan fingerprint density at radius 2 is 2.10 bits per heavy atom. The van der Waals surface area contributed by atoms with Crippen LogP contribution in [0, 0.1) is 0 Å². The standard InChI is InChI=1S/C17H23NO3/c1-21-15-5-4-13-6-9-18(12-14(13)10-15)16(19)11-17(20)7-2-3-8-17/h4-5,10,20H,2-3,6-9,11-12H2,1H3. The van der Waals surface area contributed by atoms with Crippen LogP contribution in [0.3, 0.4) is 0 Å². The molecule has 114 valence electrons. The lowest BCUT2D eigenvalue weighted by Gasteiger charge is -2.32. The number of aliphatic hydroxyl groups is 1. The molecular weight excluding hydrogens is 266 g/mol. The van der Waals surface area contributed by atoms with Gasteiger partial charge < -0.3 is 14.7 Å². The molecule has 0 atom stereocenters. The van der Waals surface area contributed by atoms with E-state index in [1.807, 2.05) is 17.0 Å². The van der Waals surface area contributed by atoms with Crippen molar-refractivity contribution in [2.45, 2.75) is 50.7 Å². The van der Waals surface area contributed by atoms with E-state index in [2.05, 4.69) is 6.07 Å². The summed E-state index contributed by atoms with van der Waals surface area (Å²) in [4.78, 5) is 14.3. The van der Waals surface area contributed by atoms with Gasteiger partial charge in [-0.2, -0.15) is 0 Å². The molecule has 1 saturated carbocycles. The second-order valence-electron chi connectivity index (χ2n) is 6.31. The molecule has 0 spiro atoms. The summed E-state index contributed by atoms with van der Waals surface area (Å²) in [6, 6.07) is 6.07. The number of fused-ring (bicyclic) bond motifs is 1. The number of nitrogens with zero attached hydrogens (tertiary/aromatic N) is 1. The van der Waals surface area contributed by atoms with Gasteiger partial charge in [-0.15, -0.1) is 0 Å². The Bertz CT molecular complexity index is 535. The maximum atomic E-state index is 12.5. The largest absolute Gasteiger partial charge is 0.497 e. The molecule has 0 radical (unpaired) electrons. The van der Waals surface area contributed by atoms with E-state index in [-0.39, 0.29) is 12.3 Å². The summed E-state index contributed by atoms with van der Waals surface area (Å²) in [5, 5.41) is 10.4. The summed E-state index contributed by atoms with van der Waals surface area (Å²) in [5.74, 6) is 0.908. The van der Waals surface area contributed by atoms with Gasteiger partial charge in [0.25, 0.3) is 0 Å². The molecule has 0 unspecified atom stereocenters. The summed E-state index contributed by atoms with van der Waals surface area (Å²) in [6.07, 6.45) is 4.73. The number of rotatable bonds is 3. The number of hydrogen-bond acceptors (Lipinski definition) is 3. The van der Waals surface area contributed by atoms with Crippen LogP contribution in [0.15, 0.2) is 18.2 Å². The van der Waals surface area contributed by atoms with Crippen LogP contribution < -0.4 is 4.74 Å². The van der Waals surface area contributed by atoms with Crippen molar-refractivity contribution in [2.75, 3.05) is 13.7 Å². The molecule has 1 aromatic carbocycles. The molecule has 1 aliphatic carbocycles. The number of benzene rings is 1. The van der Waals surface area contributed by atoms with Crippen molar-refractivity contribution in [1.82, 2.24) is 4.90 Å². The van der Waals surface area contributed by atoms with E-state index in [0.717, 1.165) is 50.0 Å². The van der Waals surface area contributed by atoms with Crippen LogP contribution in [0.5, 0.6) is 5.75 Å². The van der Waals surface area contributed by atoms with Crippen LogP contribution in [0.2, 0.25) is 0 Å². The normalized spacial score (nSPS) is 20.2. The molecular formula is C17H23NO3. The minimum atomic E-state index is -0.758. The second kappa shape index (κ2) is 5.68. The molecule has 1 heterocycles. The molecule has 0 aromatic heterocycles. The number of methoxy groups -OCH3 is 1. The lowest BCUT2D eigenvalue weighted by atomic mass is 9.95. The maximum absolute atomic E-state index is 12.5. The Morgan fingerprint density at radius 3 is 2.81 bits per heavy atom. The average Bonchev–Trinajstić information content (AvgIpc) is 2.92. The third kappa shape index (κ3) is 3.05. The zero-order chi connectivity index (χ0) is 14.9. The lowest BCUT2D eigenvalue weighted by Crippen LogP contribution is -2.40. The fraction of sp³-hybridized carbons (Fsp3) is 0.588. The molecule has 21 heavy (non-hydrogen) atoms. The van der Waals surface area contributed by atoms with Gasteiger partial charge in [-0.3, -0.25) is 4.79 Å². The molecule has 1 aliphatic heterocycles. The van der Waals surface area contributed by atoms with Crippen molar-refractivity contribution < 1.29 is 14.6 Å². The van der Waals surface area contributed by atoms with Gasteiger partial charge in [-0.25, -0.2) is 0 Å². The van der Waals surface area contributed by atoms with Crippen LogP contribution in [0.1, 0.15) is 43.2 Å². The number of carbonyl (C=O) groups excluding carboxylic acids is 1. The highest BCUT2D eigenvalue weighted by atomic mass is 16.5. The minimum Gasteiger partial charge on any atom is -0.497 e. The number of carbonyl (C=O) groups is 1. The van der Waals surface area contributed by atoms with Crippen molar-refractivity contribution >= 4 is 5.91 Å². The number of hydrogen-bond donors (Lipinski definition) is 1.